The van der Waals surface area contributed by atoms with E-state index in [1.54, 1.807) is 24.1 Å². The van der Waals surface area contributed by atoms with Gasteiger partial charge in [0.05, 0.1) is 5.56 Å². The molecule has 88 valence electrons. The van der Waals surface area contributed by atoms with Crippen LogP contribution in [0.5, 0.6) is 5.75 Å². The molecule has 0 radical (unpaired) electrons. The van der Waals surface area contributed by atoms with E-state index in [1.807, 2.05) is 0 Å². The van der Waals surface area contributed by atoms with Crippen molar-refractivity contribution in [1.82, 2.24) is 4.90 Å². The van der Waals surface area contributed by atoms with Gasteiger partial charge < -0.3 is 10.0 Å². The van der Waals surface area contributed by atoms with Crippen molar-refractivity contribution in [3.63, 3.8) is 0 Å². The minimum atomic E-state index is -0.146. The Hall–Kier alpha value is -1.03. The average molecular weight is 286 g/mol. The second kappa shape index (κ2) is 5.89. The molecule has 4 heteroatoms. The molecule has 3 nitrogen and oxygen atoms in total. The molecule has 0 aliphatic carbocycles. The minimum absolute atomic E-state index is 0.0246. The highest BCUT2D eigenvalue weighted by molar-refractivity contribution is 9.10. The molecule has 0 spiro atoms. The Labute approximate surface area is 104 Å². The molecule has 1 aromatic rings. The number of carbonyl (C=O) groups is 1. The second-order valence-electron chi connectivity index (χ2n) is 3.74. The van der Waals surface area contributed by atoms with Crippen LogP contribution in [0, 0.1) is 0 Å². The summed E-state index contributed by atoms with van der Waals surface area (Å²) in [5.74, 6) is -0.121. The molecule has 1 amide bonds. The Morgan fingerprint density at radius 1 is 1.50 bits per heavy atom. The first-order chi connectivity index (χ1) is 7.56. The van der Waals surface area contributed by atoms with E-state index in [4.69, 9.17) is 0 Å². The predicted octanol–water partition coefficient (Wildman–Crippen LogP) is 3.03. The van der Waals surface area contributed by atoms with Gasteiger partial charge in [0.1, 0.15) is 5.75 Å². The standard InChI is InChI=1S/C12H16BrNO2/c1-3-4-7-14(2)12(16)10-8-9(13)5-6-11(10)15/h5-6,8,15H,3-4,7H2,1-2H3. The summed E-state index contributed by atoms with van der Waals surface area (Å²) in [5, 5.41) is 9.61. The smallest absolute Gasteiger partial charge is 0.257 e. The van der Waals surface area contributed by atoms with Crippen LogP contribution in [-0.4, -0.2) is 29.5 Å². The summed E-state index contributed by atoms with van der Waals surface area (Å²) in [6.45, 7) is 2.79. The number of phenols is 1. The lowest BCUT2D eigenvalue weighted by molar-refractivity contribution is 0.0790. The Balaban J connectivity index is 2.83. The van der Waals surface area contributed by atoms with Gasteiger partial charge in [0.2, 0.25) is 0 Å². The SMILES string of the molecule is CCCCN(C)C(=O)c1cc(Br)ccc1O. The van der Waals surface area contributed by atoms with Gasteiger partial charge in [0.15, 0.2) is 0 Å². The largest absolute Gasteiger partial charge is 0.507 e. The molecule has 0 heterocycles. The summed E-state index contributed by atoms with van der Waals surface area (Å²) < 4.78 is 0.789. The fraction of sp³-hybridized carbons (Fsp3) is 0.417. The maximum Gasteiger partial charge on any atom is 0.257 e. The molecular formula is C12H16BrNO2. The summed E-state index contributed by atoms with van der Waals surface area (Å²) in [6.07, 6.45) is 2.01. The van der Waals surface area contributed by atoms with Crippen LogP contribution < -0.4 is 0 Å². The molecule has 0 bridgehead atoms. The van der Waals surface area contributed by atoms with E-state index in [9.17, 15) is 9.90 Å². The average Bonchev–Trinajstić information content (AvgIpc) is 2.28. The van der Waals surface area contributed by atoms with E-state index < -0.39 is 0 Å². The van der Waals surface area contributed by atoms with Crippen molar-refractivity contribution in [2.45, 2.75) is 19.8 Å². The number of unbranched alkanes of at least 4 members (excludes halogenated alkanes) is 1. The number of aromatic hydroxyl groups is 1. The van der Waals surface area contributed by atoms with Crippen molar-refractivity contribution < 1.29 is 9.90 Å². The van der Waals surface area contributed by atoms with Crippen molar-refractivity contribution in [3.8, 4) is 5.75 Å². The summed E-state index contributed by atoms with van der Waals surface area (Å²) in [6, 6.07) is 4.86. The van der Waals surface area contributed by atoms with E-state index in [0.29, 0.717) is 12.1 Å². The zero-order valence-electron chi connectivity index (χ0n) is 9.53. The Morgan fingerprint density at radius 3 is 2.81 bits per heavy atom. The van der Waals surface area contributed by atoms with Crippen LogP contribution in [0.15, 0.2) is 22.7 Å². The highest BCUT2D eigenvalue weighted by Crippen LogP contribution is 2.23. The highest BCUT2D eigenvalue weighted by atomic mass is 79.9. The summed E-state index contributed by atoms with van der Waals surface area (Å²) in [4.78, 5) is 13.6. The molecule has 0 aliphatic rings. The maximum atomic E-state index is 12.0. The number of hydrogen-bond acceptors (Lipinski definition) is 2. The first-order valence-electron chi connectivity index (χ1n) is 5.30. The van der Waals surface area contributed by atoms with E-state index in [1.165, 1.54) is 6.07 Å². The predicted molar refractivity (Wildman–Crippen MR) is 67.7 cm³/mol. The van der Waals surface area contributed by atoms with Crippen LogP contribution in [0.3, 0.4) is 0 Å². The zero-order chi connectivity index (χ0) is 12.1. The normalized spacial score (nSPS) is 10.2. The van der Waals surface area contributed by atoms with Crippen LogP contribution >= 0.6 is 15.9 Å². The third-order valence-corrected chi connectivity index (χ3v) is 2.88. The number of nitrogens with zero attached hydrogens (tertiary/aromatic N) is 1. The molecular weight excluding hydrogens is 270 g/mol. The van der Waals surface area contributed by atoms with Gasteiger partial charge in [0.25, 0.3) is 5.91 Å². The first kappa shape index (κ1) is 13.0. The fourth-order valence-corrected chi connectivity index (χ4v) is 1.74. The molecule has 0 aliphatic heterocycles. The van der Waals surface area contributed by atoms with Crippen LogP contribution in [0.1, 0.15) is 30.1 Å². The topological polar surface area (TPSA) is 40.5 Å². The van der Waals surface area contributed by atoms with Gasteiger partial charge in [-0.3, -0.25) is 4.79 Å². The molecule has 0 saturated carbocycles. The van der Waals surface area contributed by atoms with Gasteiger partial charge in [0, 0.05) is 18.1 Å². The van der Waals surface area contributed by atoms with Crippen LogP contribution in [0.25, 0.3) is 0 Å². The molecule has 1 rings (SSSR count). The third kappa shape index (κ3) is 3.23. The number of carbonyl (C=O) groups excluding carboxylic acids is 1. The minimum Gasteiger partial charge on any atom is -0.507 e. The zero-order valence-corrected chi connectivity index (χ0v) is 11.1. The number of amides is 1. The van der Waals surface area contributed by atoms with Crippen molar-refractivity contribution in [3.05, 3.63) is 28.2 Å². The lowest BCUT2D eigenvalue weighted by atomic mass is 10.1. The first-order valence-corrected chi connectivity index (χ1v) is 6.09. The lowest BCUT2D eigenvalue weighted by Gasteiger charge is -2.17. The Kier molecular flexibility index (Phi) is 4.80. The number of benzene rings is 1. The number of phenolic OH excluding ortho intramolecular Hbond substituents is 1. The number of rotatable bonds is 4. The van der Waals surface area contributed by atoms with Gasteiger partial charge in [-0.2, -0.15) is 0 Å². The monoisotopic (exact) mass is 285 g/mol. The molecule has 0 atom stereocenters. The van der Waals surface area contributed by atoms with Gasteiger partial charge in [-0.15, -0.1) is 0 Å². The fourth-order valence-electron chi connectivity index (χ4n) is 1.38. The van der Waals surface area contributed by atoms with Crippen molar-refractivity contribution in [2.24, 2.45) is 0 Å². The lowest BCUT2D eigenvalue weighted by Crippen LogP contribution is -2.27. The van der Waals surface area contributed by atoms with Crippen molar-refractivity contribution in [2.75, 3.05) is 13.6 Å². The van der Waals surface area contributed by atoms with Gasteiger partial charge in [-0.1, -0.05) is 29.3 Å². The van der Waals surface area contributed by atoms with E-state index in [0.717, 1.165) is 17.3 Å². The quantitative estimate of drug-likeness (QED) is 0.924. The molecule has 0 aromatic heterocycles. The van der Waals surface area contributed by atoms with Crippen LogP contribution in [0.4, 0.5) is 0 Å². The molecule has 1 N–H and O–H groups in total. The number of halogens is 1. The summed E-state index contributed by atoms with van der Waals surface area (Å²) in [7, 11) is 1.75. The Bertz CT molecular complexity index is 379. The number of hydrogen-bond donors (Lipinski definition) is 1. The van der Waals surface area contributed by atoms with Crippen molar-refractivity contribution >= 4 is 21.8 Å². The third-order valence-electron chi connectivity index (χ3n) is 2.38. The summed E-state index contributed by atoms with van der Waals surface area (Å²) in [5.41, 5.74) is 0.341. The molecule has 16 heavy (non-hydrogen) atoms. The van der Waals surface area contributed by atoms with Gasteiger partial charge >= 0.3 is 0 Å². The Morgan fingerprint density at radius 2 is 2.19 bits per heavy atom. The van der Waals surface area contributed by atoms with Gasteiger partial charge in [-0.05, 0) is 24.6 Å². The second-order valence-corrected chi connectivity index (χ2v) is 4.66. The molecule has 0 saturated heterocycles. The van der Waals surface area contributed by atoms with E-state index in [-0.39, 0.29) is 11.7 Å². The van der Waals surface area contributed by atoms with Crippen LogP contribution in [-0.2, 0) is 0 Å². The highest BCUT2D eigenvalue weighted by Gasteiger charge is 2.15. The van der Waals surface area contributed by atoms with Crippen molar-refractivity contribution in [1.29, 1.82) is 0 Å². The van der Waals surface area contributed by atoms with E-state index >= 15 is 0 Å². The molecule has 0 fully saturated rings. The van der Waals surface area contributed by atoms with Crippen LogP contribution in [0.2, 0.25) is 0 Å². The molecule has 0 unspecified atom stereocenters. The maximum absolute atomic E-state index is 12.0. The van der Waals surface area contributed by atoms with Gasteiger partial charge in [-0.25, -0.2) is 0 Å². The summed E-state index contributed by atoms with van der Waals surface area (Å²) >= 11 is 3.28. The van der Waals surface area contributed by atoms with E-state index in [2.05, 4.69) is 22.9 Å². The molecule has 1 aromatic carbocycles.